The second kappa shape index (κ2) is 8.45. The van der Waals surface area contributed by atoms with Crippen molar-refractivity contribution in [2.75, 3.05) is 19.8 Å². The maximum Gasteiger partial charge on any atom is 0.229 e. The van der Waals surface area contributed by atoms with Crippen molar-refractivity contribution in [3.05, 3.63) is 24.3 Å². The number of hydrogen-bond acceptors (Lipinski definition) is 11. The third-order valence-electron chi connectivity index (χ3n) is 4.76. The topological polar surface area (TPSA) is 179 Å². The second-order valence-electron chi connectivity index (χ2n) is 6.85. The van der Waals surface area contributed by atoms with E-state index in [-0.39, 0.29) is 24.7 Å². The first kappa shape index (κ1) is 21.2. The van der Waals surface area contributed by atoms with Gasteiger partial charge in [-0.25, -0.2) is 0 Å². The first-order chi connectivity index (χ1) is 13.2. The van der Waals surface area contributed by atoms with E-state index in [1.807, 2.05) is 0 Å². The molecule has 7 N–H and O–H groups in total. The van der Waals surface area contributed by atoms with Crippen LogP contribution < -0.4 is 4.74 Å². The van der Waals surface area contributed by atoms with Gasteiger partial charge in [0.1, 0.15) is 47.6 Å². The molecule has 0 spiro atoms. The van der Waals surface area contributed by atoms with Crippen LogP contribution in [0, 0.1) is 0 Å². The molecule has 0 saturated carbocycles. The molecule has 0 bridgehead atoms. The summed E-state index contributed by atoms with van der Waals surface area (Å²) in [4.78, 5) is 0. The molecule has 2 aliphatic rings. The number of aliphatic hydroxyl groups excluding tert-OH is 5. The zero-order valence-corrected chi connectivity index (χ0v) is 14.7. The number of hydrogen-bond donors (Lipinski definition) is 7. The van der Waals surface area contributed by atoms with Crippen molar-refractivity contribution in [1.82, 2.24) is 0 Å². The molecule has 158 valence electrons. The van der Waals surface area contributed by atoms with Gasteiger partial charge in [-0.2, -0.15) is 0 Å². The Morgan fingerprint density at radius 2 is 1.68 bits per heavy atom. The average Bonchev–Trinajstić information content (AvgIpc) is 2.98. The fraction of sp³-hybridized carbons (Fsp3) is 0.647. The molecule has 2 aliphatic heterocycles. The van der Waals surface area contributed by atoms with Crippen LogP contribution in [-0.4, -0.2) is 104 Å². The van der Waals surface area contributed by atoms with Gasteiger partial charge in [0, 0.05) is 0 Å². The van der Waals surface area contributed by atoms with Crippen molar-refractivity contribution >= 4 is 0 Å². The van der Waals surface area contributed by atoms with E-state index in [1.165, 1.54) is 24.3 Å². The van der Waals surface area contributed by atoms with Gasteiger partial charge in [-0.05, 0) is 24.3 Å². The van der Waals surface area contributed by atoms with E-state index in [0.717, 1.165) is 0 Å². The standard InChI is InChI=1S/C17H24O11/c18-6-17(24)7-26-16(14(17)23)25-5-10-11(20)12(21)13(22)15(28-10)27-9-3-1-8(19)2-4-9/h1-4,10-16,18-24H,5-7H2/t10-,11-,12+,13-,14+,15-,16-,17-/m1/s1. The Kier molecular flexibility index (Phi) is 6.39. The van der Waals surface area contributed by atoms with Crippen molar-refractivity contribution in [2.24, 2.45) is 0 Å². The lowest BCUT2D eigenvalue weighted by molar-refractivity contribution is -0.289. The maximum atomic E-state index is 10.1. The molecular formula is C17H24O11. The van der Waals surface area contributed by atoms with Gasteiger partial charge in [-0.15, -0.1) is 0 Å². The molecule has 2 fully saturated rings. The van der Waals surface area contributed by atoms with Crippen molar-refractivity contribution < 1.29 is 54.7 Å². The van der Waals surface area contributed by atoms with Crippen molar-refractivity contribution in [3.63, 3.8) is 0 Å². The van der Waals surface area contributed by atoms with Crippen LogP contribution in [0.25, 0.3) is 0 Å². The minimum absolute atomic E-state index is 0.0113. The Morgan fingerprint density at radius 3 is 2.29 bits per heavy atom. The molecule has 8 atom stereocenters. The van der Waals surface area contributed by atoms with Gasteiger partial charge >= 0.3 is 0 Å². The van der Waals surface area contributed by atoms with E-state index < -0.39 is 55.3 Å². The number of aliphatic hydroxyl groups is 6. The Labute approximate surface area is 159 Å². The molecule has 3 rings (SSSR count). The lowest BCUT2D eigenvalue weighted by Gasteiger charge is -2.40. The first-order valence-electron chi connectivity index (χ1n) is 8.65. The summed E-state index contributed by atoms with van der Waals surface area (Å²) in [5, 5.41) is 68.6. The van der Waals surface area contributed by atoms with Crippen LogP contribution in [0.5, 0.6) is 11.5 Å². The van der Waals surface area contributed by atoms with E-state index in [9.17, 15) is 30.6 Å². The van der Waals surface area contributed by atoms with Crippen LogP contribution >= 0.6 is 0 Å². The van der Waals surface area contributed by atoms with Gasteiger partial charge < -0.3 is 54.7 Å². The summed E-state index contributed by atoms with van der Waals surface area (Å²) < 4.78 is 21.3. The largest absolute Gasteiger partial charge is 0.508 e. The van der Waals surface area contributed by atoms with Crippen LogP contribution in [0.15, 0.2) is 24.3 Å². The number of phenols is 1. The maximum absolute atomic E-state index is 10.1. The molecule has 2 saturated heterocycles. The fourth-order valence-electron chi connectivity index (χ4n) is 2.93. The fourth-order valence-corrected chi connectivity index (χ4v) is 2.93. The van der Waals surface area contributed by atoms with Gasteiger partial charge in [-0.3, -0.25) is 0 Å². The molecule has 2 heterocycles. The summed E-state index contributed by atoms with van der Waals surface area (Å²) in [6.45, 7) is -1.45. The zero-order chi connectivity index (χ0) is 20.5. The first-order valence-corrected chi connectivity index (χ1v) is 8.65. The summed E-state index contributed by atoms with van der Waals surface area (Å²) in [5.74, 6) is 0.254. The highest BCUT2D eigenvalue weighted by Crippen LogP contribution is 2.28. The Bertz CT molecular complexity index is 640. The second-order valence-corrected chi connectivity index (χ2v) is 6.85. The van der Waals surface area contributed by atoms with Crippen LogP contribution in [0.3, 0.4) is 0 Å². The summed E-state index contributed by atoms with van der Waals surface area (Å²) in [7, 11) is 0. The van der Waals surface area contributed by atoms with Crippen LogP contribution in [0.4, 0.5) is 0 Å². The van der Waals surface area contributed by atoms with E-state index in [4.69, 9.17) is 24.1 Å². The van der Waals surface area contributed by atoms with Gasteiger partial charge in [0.05, 0.1) is 19.8 Å². The minimum Gasteiger partial charge on any atom is -0.508 e. The molecule has 0 aromatic heterocycles. The highest BCUT2D eigenvalue weighted by Gasteiger charge is 2.50. The van der Waals surface area contributed by atoms with Crippen LogP contribution in [-0.2, 0) is 14.2 Å². The lowest BCUT2D eigenvalue weighted by atomic mass is 9.99. The van der Waals surface area contributed by atoms with Gasteiger partial charge in [-0.1, -0.05) is 0 Å². The van der Waals surface area contributed by atoms with E-state index in [0.29, 0.717) is 0 Å². The highest BCUT2D eigenvalue weighted by atomic mass is 16.7. The smallest absolute Gasteiger partial charge is 0.229 e. The molecule has 0 amide bonds. The van der Waals surface area contributed by atoms with E-state index in [2.05, 4.69) is 0 Å². The summed E-state index contributed by atoms with van der Waals surface area (Å²) >= 11 is 0. The molecule has 1 aromatic rings. The zero-order valence-electron chi connectivity index (χ0n) is 14.7. The van der Waals surface area contributed by atoms with Crippen LogP contribution in [0.1, 0.15) is 0 Å². The van der Waals surface area contributed by atoms with Gasteiger partial charge in [0.15, 0.2) is 6.29 Å². The third kappa shape index (κ3) is 4.22. The Hall–Kier alpha value is -1.54. The molecule has 0 unspecified atom stereocenters. The van der Waals surface area contributed by atoms with Gasteiger partial charge in [0.2, 0.25) is 6.29 Å². The number of rotatable bonds is 6. The SMILES string of the molecule is OC[C@@]1(O)CO[C@@H](OC[C@H]2O[C@@H](Oc3ccc(O)cc3)[C@H](O)[C@@H](O)[C@@H]2O)[C@@H]1O. The Balaban J connectivity index is 1.61. The Morgan fingerprint density at radius 1 is 1.00 bits per heavy atom. The molecule has 0 radical (unpaired) electrons. The predicted molar refractivity (Wildman–Crippen MR) is 89.2 cm³/mol. The molecule has 0 aliphatic carbocycles. The number of aromatic hydroxyl groups is 1. The molecule has 28 heavy (non-hydrogen) atoms. The van der Waals surface area contributed by atoms with E-state index in [1.54, 1.807) is 0 Å². The molecular weight excluding hydrogens is 380 g/mol. The van der Waals surface area contributed by atoms with Gasteiger partial charge in [0.25, 0.3) is 0 Å². The summed E-state index contributed by atoms with van der Waals surface area (Å²) in [6.07, 6.45) is -10.0. The average molecular weight is 404 g/mol. The quantitative estimate of drug-likeness (QED) is 0.257. The predicted octanol–water partition coefficient (Wildman–Crippen LogP) is -2.96. The summed E-state index contributed by atoms with van der Waals surface area (Å²) in [6, 6.07) is 5.56. The highest BCUT2D eigenvalue weighted by molar-refractivity contribution is 5.30. The molecule has 1 aromatic carbocycles. The van der Waals surface area contributed by atoms with Crippen molar-refractivity contribution in [3.8, 4) is 11.5 Å². The number of phenolic OH excluding ortho intramolecular Hbond substituents is 1. The number of benzene rings is 1. The summed E-state index contributed by atoms with van der Waals surface area (Å²) in [5.41, 5.74) is -1.86. The minimum atomic E-state index is -1.86. The monoisotopic (exact) mass is 404 g/mol. The number of ether oxygens (including phenoxy) is 4. The molecule has 11 nitrogen and oxygen atoms in total. The van der Waals surface area contributed by atoms with Crippen molar-refractivity contribution in [1.29, 1.82) is 0 Å². The van der Waals surface area contributed by atoms with Crippen LogP contribution in [0.2, 0.25) is 0 Å². The van der Waals surface area contributed by atoms with E-state index >= 15 is 0 Å². The lowest BCUT2D eigenvalue weighted by Crippen LogP contribution is -2.60. The molecule has 11 heteroatoms. The third-order valence-corrected chi connectivity index (χ3v) is 4.76. The normalized spacial score (nSPS) is 41.1. The van der Waals surface area contributed by atoms with Crippen molar-refractivity contribution in [2.45, 2.75) is 48.7 Å².